The van der Waals surface area contributed by atoms with E-state index in [2.05, 4.69) is 5.32 Å². The minimum atomic E-state index is -4.17. The standard InChI is InChI=1S/C7H12NO5P/c9-7(10)6-3-5(1-2-8-6)4-14(11,12)13/h4,6,8H,1-3H2,(H,9,10)(H2,11,12,13)/b5-4+. The fourth-order valence-corrected chi connectivity index (χ4v) is 2.08. The highest BCUT2D eigenvalue weighted by molar-refractivity contribution is 7.55. The summed E-state index contributed by atoms with van der Waals surface area (Å²) in [5, 5.41) is 11.4. The number of carbonyl (C=O) groups is 1. The Morgan fingerprint density at radius 2 is 2.21 bits per heavy atom. The van der Waals surface area contributed by atoms with Gasteiger partial charge in [-0.2, -0.15) is 0 Å². The van der Waals surface area contributed by atoms with Crippen LogP contribution < -0.4 is 5.32 Å². The molecule has 0 aromatic rings. The van der Waals surface area contributed by atoms with Gasteiger partial charge in [-0.15, -0.1) is 0 Å². The number of carboxylic acid groups (broad SMARTS) is 1. The van der Waals surface area contributed by atoms with Crippen molar-refractivity contribution in [1.82, 2.24) is 5.32 Å². The predicted octanol–water partition coefficient (Wildman–Crippen LogP) is -0.115. The first kappa shape index (κ1) is 11.4. The maximum Gasteiger partial charge on any atom is 0.349 e. The summed E-state index contributed by atoms with van der Waals surface area (Å²) in [6.45, 7) is 0.433. The zero-order valence-electron chi connectivity index (χ0n) is 7.38. The lowest BCUT2D eigenvalue weighted by atomic mass is 10.0. The minimum absolute atomic E-state index is 0.153. The average molecular weight is 221 g/mol. The van der Waals surface area contributed by atoms with E-state index in [0.717, 1.165) is 5.82 Å². The molecular formula is C7H12NO5P. The maximum absolute atomic E-state index is 10.6. The molecule has 1 aliphatic rings. The molecule has 0 spiro atoms. The molecule has 0 radical (unpaired) electrons. The van der Waals surface area contributed by atoms with Crippen molar-refractivity contribution in [2.24, 2.45) is 0 Å². The fourth-order valence-electron chi connectivity index (χ4n) is 1.37. The number of carboxylic acids is 1. The van der Waals surface area contributed by atoms with Crippen LogP contribution in [0.3, 0.4) is 0 Å². The van der Waals surface area contributed by atoms with E-state index in [1.807, 2.05) is 0 Å². The van der Waals surface area contributed by atoms with Crippen LogP contribution in [0.4, 0.5) is 0 Å². The van der Waals surface area contributed by atoms with Crippen molar-refractivity contribution in [3.8, 4) is 0 Å². The molecule has 1 saturated heterocycles. The van der Waals surface area contributed by atoms with Crippen molar-refractivity contribution >= 4 is 13.6 Å². The molecule has 0 aliphatic carbocycles. The summed E-state index contributed by atoms with van der Waals surface area (Å²) in [7, 11) is -4.17. The van der Waals surface area contributed by atoms with E-state index in [-0.39, 0.29) is 6.42 Å². The second-order valence-electron chi connectivity index (χ2n) is 3.18. The normalized spacial score (nSPS) is 26.4. The smallest absolute Gasteiger partial charge is 0.349 e. The molecule has 1 rings (SSSR count). The summed E-state index contributed by atoms with van der Waals surface area (Å²) in [6, 6.07) is -0.735. The molecule has 1 atom stereocenters. The van der Waals surface area contributed by atoms with Crippen molar-refractivity contribution in [3.63, 3.8) is 0 Å². The molecule has 1 unspecified atom stereocenters. The third-order valence-electron chi connectivity index (χ3n) is 1.95. The SMILES string of the molecule is O=C(O)C1C/C(=C/P(=O)(O)O)CCN1. The lowest BCUT2D eigenvalue weighted by Gasteiger charge is -2.22. The van der Waals surface area contributed by atoms with Gasteiger partial charge in [-0.3, -0.25) is 9.36 Å². The van der Waals surface area contributed by atoms with Gasteiger partial charge in [0.25, 0.3) is 0 Å². The van der Waals surface area contributed by atoms with E-state index >= 15 is 0 Å². The Bertz CT molecular complexity index is 307. The van der Waals surface area contributed by atoms with Crippen molar-refractivity contribution < 1.29 is 24.3 Å². The summed E-state index contributed by atoms with van der Waals surface area (Å²) in [6.07, 6.45) is 0.634. The third-order valence-corrected chi connectivity index (χ3v) is 2.65. The molecule has 7 heteroatoms. The van der Waals surface area contributed by atoms with Crippen LogP contribution in [0.5, 0.6) is 0 Å². The van der Waals surface area contributed by atoms with Gasteiger partial charge in [0.05, 0.1) is 0 Å². The highest BCUT2D eigenvalue weighted by Gasteiger charge is 2.24. The van der Waals surface area contributed by atoms with E-state index < -0.39 is 19.6 Å². The van der Waals surface area contributed by atoms with Gasteiger partial charge < -0.3 is 20.2 Å². The summed E-state index contributed by atoms with van der Waals surface area (Å²) < 4.78 is 10.6. The largest absolute Gasteiger partial charge is 0.480 e. The highest BCUT2D eigenvalue weighted by Crippen LogP contribution is 2.39. The quantitative estimate of drug-likeness (QED) is 0.484. The molecule has 0 aromatic heterocycles. The van der Waals surface area contributed by atoms with E-state index in [9.17, 15) is 9.36 Å². The van der Waals surface area contributed by atoms with Crippen molar-refractivity contribution in [2.45, 2.75) is 18.9 Å². The van der Waals surface area contributed by atoms with E-state index in [4.69, 9.17) is 14.9 Å². The molecule has 0 bridgehead atoms. The Balaban J connectivity index is 2.70. The number of aliphatic carboxylic acids is 1. The van der Waals surface area contributed by atoms with Crippen molar-refractivity contribution in [3.05, 3.63) is 11.4 Å². The fraction of sp³-hybridized carbons (Fsp3) is 0.571. The number of hydrogen-bond donors (Lipinski definition) is 4. The molecule has 6 nitrogen and oxygen atoms in total. The Morgan fingerprint density at radius 1 is 1.57 bits per heavy atom. The average Bonchev–Trinajstić information content (AvgIpc) is 2.01. The lowest BCUT2D eigenvalue weighted by molar-refractivity contribution is -0.139. The Kier molecular flexibility index (Phi) is 3.44. The van der Waals surface area contributed by atoms with E-state index in [1.165, 1.54) is 0 Å². The first-order valence-corrected chi connectivity index (χ1v) is 5.78. The van der Waals surface area contributed by atoms with Gasteiger partial charge in [-0.1, -0.05) is 5.57 Å². The Morgan fingerprint density at radius 3 is 2.71 bits per heavy atom. The summed E-state index contributed by atoms with van der Waals surface area (Å²) in [4.78, 5) is 27.9. The monoisotopic (exact) mass is 221 g/mol. The molecule has 1 fully saturated rings. The molecule has 0 aromatic carbocycles. The first-order valence-electron chi connectivity index (χ1n) is 4.10. The van der Waals surface area contributed by atoms with Gasteiger partial charge in [-0.05, 0) is 19.4 Å². The number of hydrogen-bond acceptors (Lipinski definition) is 3. The first-order chi connectivity index (χ1) is 6.38. The third kappa shape index (κ3) is 3.59. The van der Waals surface area contributed by atoms with Gasteiger partial charge in [0.2, 0.25) is 0 Å². The zero-order chi connectivity index (χ0) is 10.8. The minimum Gasteiger partial charge on any atom is -0.480 e. The van der Waals surface area contributed by atoms with E-state index in [1.54, 1.807) is 0 Å². The zero-order valence-corrected chi connectivity index (χ0v) is 8.28. The number of piperidine rings is 1. The van der Waals surface area contributed by atoms with E-state index in [0.29, 0.717) is 18.5 Å². The number of nitrogens with one attached hydrogen (secondary N) is 1. The summed E-state index contributed by atoms with van der Waals surface area (Å²) in [5.41, 5.74) is 0.504. The van der Waals surface area contributed by atoms with Crippen LogP contribution >= 0.6 is 7.60 Å². The maximum atomic E-state index is 10.6. The van der Waals surface area contributed by atoms with Crippen LogP contribution in [-0.2, 0) is 9.36 Å². The Labute approximate surface area is 80.8 Å². The number of rotatable bonds is 2. The van der Waals surface area contributed by atoms with Crippen LogP contribution in [0.2, 0.25) is 0 Å². The van der Waals surface area contributed by atoms with Crippen molar-refractivity contribution in [2.75, 3.05) is 6.54 Å². The highest BCUT2D eigenvalue weighted by atomic mass is 31.2. The second kappa shape index (κ2) is 4.23. The van der Waals surface area contributed by atoms with Crippen LogP contribution in [0.25, 0.3) is 0 Å². The molecule has 4 N–H and O–H groups in total. The van der Waals surface area contributed by atoms with Crippen molar-refractivity contribution in [1.29, 1.82) is 0 Å². The van der Waals surface area contributed by atoms with Gasteiger partial charge >= 0.3 is 13.6 Å². The van der Waals surface area contributed by atoms with Crippen LogP contribution in [0, 0.1) is 0 Å². The van der Waals surface area contributed by atoms with Crippen LogP contribution in [0.15, 0.2) is 11.4 Å². The predicted molar refractivity (Wildman–Crippen MR) is 48.8 cm³/mol. The van der Waals surface area contributed by atoms with Gasteiger partial charge in [0.15, 0.2) is 0 Å². The summed E-state index contributed by atoms with van der Waals surface area (Å²) >= 11 is 0. The van der Waals surface area contributed by atoms with Crippen LogP contribution in [-0.4, -0.2) is 33.4 Å². The molecule has 0 saturated carbocycles. The topological polar surface area (TPSA) is 107 Å². The molecule has 0 amide bonds. The van der Waals surface area contributed by atoms with Gasteiger partial charge in [0.1, 0.15) is 6.04 Å². The molecular weight excluding hydrogens is 209 g/mol. The summed E-state index contributed by atoms with van der Waals surface area (Å²) in [5.74, 6) is -0.134. The molecule has 80 valence electrons. The van der Waals surface area contributed by atoms with Gasteiger partial charge in [-0.25, -0.2) is 0 Å². The molecule has 1 heterocycles. The molecule has 1 aliphatic heterocycles. The molecule has 14 heavy (non-hydrogen) atoms. The van der Waals surface area contributed by atoms with Gasteiger partial charge in [0, 0.05) is 5.82 Å². The van der Waals surface area contributed by atoms with Crippen LogP contribution in [0.1, 0.15) is 12.8 Å². The lowest BCUT2D eigenvalue weighted by Crippen LogP contribution is -2.41. The second-order valence-corrected chi connectivity index (χ2v) is 4.61. The Hall–Kier alpha value is -0.680.